The van der Waals surface area contributed by atoms with E-state index in [1.807, 2.05) is 19.9 Å². The van der Waals surface area contributed by atoms with Crippen LogP contribution in [0.25, 0.3) is 0 Å². The number of unbranched alkanes of at least 4 members (excludes halogenated alkanes) is 3. The third-order valence-electron chi connectivity index (χ3n) is 16.5. The molecule has 0 unspecified atom stereocenters. The highest BCUT2D eigenvalue weighted by Gasteiger charge is 2.94. The SMILES string of the molecule is CC1(C)O[C@H]2[C@@H]3CC[C@H]4C[C@@]5(C)[C@H](c6ccoc6CCCCCC[C@H]6CNCN6)OC(=O)[C@H]6O[C@]65[C@]5(C6CCCCC6)[C@H](O)C(=O)[C@H]1[C@@]2(COC3=O)[C@@H]45. The molecule has 5 saturated heterocycles. The maximum Gasteiger partial charge on any atom is 0.339 e. The number of epoxide rings is 1. The molecule has 2 spiro atoms. The first-order valence-corrected chi connectivity index (χ1v) is 21.0. The minimum atomic E-state index is -1.35. The van der Waals surface area contributed by atoms with Gasteiger partial charge in [0.2, 0.25) is 0 Å². The molecule has 0 aromatic carbocycles. The molecule has 0 radical (unpaired) electrons. The second-order valence-electron chi connectivity index (χ2n) is 19.2. The van der Waals surface area contributed by atoms with Gasteiger partial charge in [-0.3, -0.25) is 9.59 Å². The number of carbonyl (C=O) groups is 3. The van der Waals surface area contributed by atoms with Crippen molar-refractivity contribution in [2.24, 2.45) is 45.8 Å². The summed E-state index contributed by atoms with van der Waals surface area (Å²) in [6.07, 6.45) is 11.5. The summed E-state index contributed by atoms with van der Waals surface area (Å²) in [6.45, 7) is 8.14. The maximum absolute atomic E-state index is 15.3. The van der Waals surface area contributed by atoms with E-state index in [1.165, 1.54) is 12.8 Å². The van der Waals surface area contributed by atoms with Crippen LogP contribution in [0.5, 0.6) is 0 Å². The van der Waals surface area contributed by atoms with Gasteiger partial charge in [-0.25, -0.2) is 4.79 Å². The quantitative estimate of drug-likeness (QED) is 0.180. The molecule has 10 rings (SSSR count). The smallest absolute Gasteiger partial charge is 0.339 e. The Morgan fingerprint density at radius 3 is 2.53 bits per heavy atom. The molecular weight excluding hydrogens is 676 g/mol. The van der Waals surface area contributed by atoms with Crippen LogP contribution < -0.4 is 10.6 Å². The van der Waals surface area contributed by atoms with Crippen molar-refractivity contribution < 1.29 is 42.9 Å². The van der Waals surface area contributed by atoms with Gasteiger partial charge < -0.3 is 39.1 Å². The number of aryl methyl sites for hydroxylation is 1. The molecule has 0 amide bonds. The van der Waals surface area contributed by atoms with Crippen LogP contribution in [0.4, 0.5) is 0 Å². The second-order valence-corrected chi connectivity index (χ2v) is 19.2. The molecule has 1 aromatic heterocycles. The molecule has 1 aromatic rings. The zero-order chi connectivity index (χ0) is 36.5. The Morgan fingerprint density at radius 2 is 1.74 bits per heavy atom. The van der Waals surface area contributed by atoms with Gasteiger partial charge in [0.1, 0.15) is 30.2 Å². The van der Waals surface area contributed by atoms with Crippen LogP contribution >= 0.6 is 0 Å². The number of nitrogens with one attached hydrogen (secondary N) is 2. The molecule has 11 heteroatoms. The lowest BCUT2D eigenvalue weighted by Crippen LogP contribution is -2.80. The van der Waals surface area contributed by atoms with E-state index in [0.29, 0.717) is 18.9 Å². The van der Waals surface area contributed by atoms with Crippen molar-refractivity contribution in [2.45, 2.75) is 152 Å². The number of aliphatic hydroxyl groups is 1. The number of rotatable bonds is 9. The topological polar surface area (TPSA) is 149 Å². The van der Waals surface area contributed by atoms with Crippen molar-refractivity contribution >= 4 is 17.7 Å². The first-order chi connectivity index (χ1) is 25.5. The molecule has 3 N–H and O–H groups in total. The summed E-state index contributed by atoms with van der Waals surface area (Å²) in [5, 5.41) is 20.0. The molecule has 4 saturated carbocycles. The molecule has 53 heavy (non-hydrogen) atoms. The van der Waals surface area contributed by atoms with E-state index in [0.717, 1.165) is 88.7 Å². The number of ketones is 1. The Hall–Kier alpha value is -2.31. The first-order valence-electron chi connectivity index (χ1n) is 21.0. The Balaban J connectivity index is 1.07. The summed E-state index contributed by atoms with van der Waals surface area (Å²) in [4.78, 5) is 43.2. The van der Waals surface area contributed by atoms with Crippen LogP contribution in [-0.2, 0) is 39.8 Å². The van der Waals surface area contributed by atoms with E-state index < -0.39 is 69.7 Å². The minimum absolute atomic E-state index is 0.0290. The predicted octanol–water partition coefficient (Wildman–Crippen LogP) is 4.93. The molecule has 2 bridgehead atoms. The highest BCUT2D eigenvalue weighted by atomic mass is 16.7. The summed E-state index contributed by atoms with van der Waals surface area (Å²) >= 11 is 0. The van der Waals surface area contributed by atoms with Gasteiger partial charge in [-0.15, -0.1) is 0 Å². The van der Waals surface area contributed by atoms with Gasteiger partial charge >= 0.3 is 11.9 Å². The van der Waals surface area contributed by atoms with Crippen LogP contribution in [0.1, 0.15) is 122 Å². The zero-order valence-corrected chi connectivity index (χ0v) is 31.7. The molecule has 11 nitrogen and oxygen atoms in total. The molecule has 9 fully saturated rings. The molecular formula is C42H58N2O9. The van der Waals surface area contributed by atoms with Gasteiger partial charge in [-0.2, -0.15) is 0 Å². The fourth-order valence-corrected chi connectivity index (χ4v) is 15.0. The Morgan fingerprint density at radius 1 is 0.925 bits per heavy atom. The predicted molar refractivity (Wildman–Crippen MR) is 190 cm³/mol. The lowest BCUT2D eigenvalue weighted by Gasteiger charge is -2.71. The molecule has 6 heterocycles. The Kier molecular flexibility index (Phi) is 8.02. The fourth-order valence-electron chi connectivity index (χ4n) is 15.0. The normalized spacial score (nSPS) is 47.9. The van der Waals surface area contributed by atoms with Crippen LogP contribution in [0.15, 0.2) is 16.7 Å². The van der Waals surface area contributed by atoms with E-state index in [2.05, 4.69) is 17.6 Å². The van der Waals surface area contributed by atoms with Gasteiger partial charge in [0, 0.05) is 47.5 Å². The number of Topliss-reactive ketones (excluding diaryl/α,β-unsaturated/α-hetero) is 1. The van der Waals surface area contributed by atoms with Crippen molar-refractivity contribution in [3.8, 4) is 0 Å². The summed E-state index contributed by atoms with van der Waals surface area (Å²) in [5.74, 6) is -1.41. The van der Waals surface area contributed by atoms with Crippen molar-refractivity contribution in [3.05, 3.63) is 23.7 Å². The van der Waals surface area contributed by atoms with E-state index in [9.17, 15) is 14.7 Å². The molecule has 4 aliphatic carbocycles. The lowest BCUT2D eigenvalue weighted by atomic mass is 9.31. The van der Waals surface area contributed by atoms with Crippen LogP contribution in [0, 0.1) is 45.8 Å². The maximum atomic E-state index is 15.3. The van der Waals surface area contributed by atoms with Crippen molar-refractivity contribution in [2.75, 3.05) is 19.8 Å². The summed E-state index contributed by atoms with van der Waals surface area (Å²) < 4.78 is 32.8. The first kappa shape index (κ1) is 35.1. The largest absolute Gasteiger partial charge is 0.469 e. The third-order valence-corrected chi connectivity index (χ3v) is 16.5. The van der Waals surface area contributed by atoms with E-state index >= 15 is 4.79 Å². The number of hydrogen-bond acceptors (Lipinski definition) is 11. The van der Waals surface area contributed by atoms with Crippen molar-refractivity contribution in [3.63, 3.8) is 0 Å². The van der Waals surface area contributed by atoms with Crippen LogP contribution in [0.3, 0.4) is 0 Å². The highest BCUT2D eigenvalue weighted by molar-refractivity contribution is 5.92. The average Bonchev–Trinajstić information content (AvgIpc) is 3.39. The molecule has 5 aliphatic heterocycles. The number of ether oxygens (including phenoxy) is 4. The number of esters is 2. The minimum Gasteiger partial charge on any atom is -0.469 e. The Labute approximate surface area is 312 Å². The van der Waals surface area contributed by atoms with Crippen LogP contribution in [0.2, 0.25) is 0 Å². The standard InChI is InChI=1S/C42H58N2O9/c1-38(2)31-29(45)32(46)41(24-11-7-6-8-12-24)30-23(15-16-27-34(52-38)40(30,31)21-50-36(27)47)19-39(3)33(51-37(48)35-42(39,41)53-35)26-17-18-49-28(26)14-10-5-4-9-13-25-20-43-22-44-25/h17-18,23-25,27,30-35,43-44,46H,4-16,19-22H2,1-3H3/t23-,25-,27-,30+,31+,32+,33-,34-,35+,39-,40+,41-,42+/m0/s1. The second kappa shape index (κ2) is 12.1. The third kappa shape index (κ3) is 4.43. The van der Waals surface area contributed by atoms with Gasteiger partial charge in [-0.05, 0) is 82.6 Å². The number of aliphatic hydroxyl groups excluding tert-OH is 1. The number of furan rings is 1. The molecule has 290 valence electrons. The highest BCUT2D eigenvalue weighted by Crippen LogP contribution is 2.84. The van der Waals surface area contributed by atoms with Crippen LogP contribution in [-0.4, -0.2) is 78.2 Å². The van der Waals surface area contributed by atoms with Gasteiger partial charge in [0.25, 0.3) is 0 Å². The average molecular weight is 735 g/mol. The fraction of sp³-hybridized carbons (Fsp3) is 0.833. The number of carbonyl (C=O) groups excluding carboxylic acids is 3. The van der Waals surface area contributed by atoms with E-state index in [-0.39, 0.29) is 36.1 Å². The molecule has 13 atom stereocenters. The van der Waals surface area contributed by atoms with Gasteiger partial charge in [-0.1, -0.05) is 45.4 Å². The summed E-state index contributed by atoms with van der Waals surface area (Å²) in [5.41, 5.74) is -3.78. The molecule has 9 aliphatic rings. The Bertz CT molecular complexity index is 1660. The van der Waals surface area contributed by atoms with E-state index in [1.54, 1.807) is 6.26 Å². The monoisotopic (exact) mass is 734 g/mol. The summed E-state index contributed by atoms with van der Waals surface area (Å²) in [7, 11) is 0. The lowest BCUT2D eigenvalue weighted by molar-refractivity contribution is -0.289. The van der Waals surface area contributed by atoms with E-state index in [4.69, 9.17) is 23.4 Å². The van der Waals surface area contributed by atoms with Crippen molar-refractivity contribution in [1.29, 1.82) is 0 Å². The van der Waals surface area contributed by atoms with Crippen molar-refractivity contribution in [1.82, 2.24) is 10.6 Å². The summed E-state index contributed by atoms with van der Waals surface area (Å²) in [6, 6.07) is 2.53. The van der Waals surface area contributed by atoms with Gasteiger partial charge in [0.15, 0.2) is 11.9 Å². The number of cyclic esters (lactones) is 2. The number of hydrogen-bond donors (Lipinski definition) is 3. The van der Waals surface area contributed by atoms with Gasteiger partial charge in [0.05, 0.1) is 29.8 Å². The zero-order valence-electron chi connectivity index (χ0n) is 31.7.